The minimum atomic E-state index is -0.194. The van der Waals surface area contributed by atoms with Gasteiger partial charge in [0.05, 0.1) is 17.4 Å². The van der Waals surface area contributed by atoms with Crippen LogP contribution >= 0.6 is 11.3 Å². The lowest BCUT2D eigenvalue weighted by Gasteiger charge is -2.15. The Bertz CT molecular complexity index is 1010. The van der Waals surface area contributed by atoms with Crippen molar-refractivity contribution in [2.75, 3.05) is 5.32 Å². The molecule has 0 radical (unpaired) electrons. The topological polar surface area (TPSA) is 76.9 Å². The molecule has 1 atom stereocenters. The van der Waals surface area contributed by atoms with Crippen LogP contribution in [0.15, 0.2) is 35.3 Å². The molecule has 3 aromatic rings. The molecule has 1 amide bonds. The first-order valence-corrected chi connectivity index (χ1v) is 9.15. The van der Waals surface area contributed by atoms with E-state index in [0.717, 1.165) is 25.0 Å². The summed E-state index contributed by atoms with van der Waals surface area (Å²) in [5, 5.41) is 8.17. The van der Waals surface area contributed by atoms with Gasteiger partial charge in [-0.05, 0) is 37.3 Å². The summed E-state index contributed by atoms with van der Waals surface area (Å²) in [4.78, 5) is 30.1. The van der Waals surface area contributed by atoms with Gasteiger partial charge in [-0.3, -0.25) is 14.3 Å². The van der Waals surface area contributed by atoms with E-state index in [2.05, 4.69) is 22.3 Å². The van der Waals surface area contributed by atoms with Crippen molar-refractivity contribution in [2.45, 2.75) is 32.7 Å². The molecule has 1 N–H and O–H groups in total. The molecule has 6 nitrogen and oxygen atoms in total. The normalized spacial score (nSPS) is 16.6. The second kappa shape index (κ2) is 6.40. The van der Waals surface area contributed by atoms with Gasteiger partial charge in [-0.1, -0.05) is 19.1 Å². The molecule has 0 fully saturated rings. The van der Waals surface area contributed by atoms with E-state index in [4.69, 9.17) is 0 Å². The number of benzene rings is 1. The second-order valence-corrected chi connectivity index (χ2v) is 7.55. The molecule has 1 aliphatic rings. The smallest absolute Gasteiger partial charge is 0.247 e. The summed E-state index contributed by atoms with van der Waals surface area (Å²) in [6, 6.07) is 7.16. The minimum absolute atomic E-state index is 0.0431. The van der Waals surface area contributed by atoms with Crippen LogP contribution in [0.25, 0.3) is 10.9 Å². The molecular weight excluding hydrogens is 336 g/mol. The van der Waals surface area contributed by atoms with Crippen LogP contribution in [-0.2, 0) is 24.2 Å². The number of aryl methyl sites for hydroxylation is 1. The number of para-hydroxylation sites is 1. The molecule has 128 valence electrons. The molecule has 2 heterocycles. The van der Waals surface area contributed by atoms with Crippen molar-refractivity contribution in [1.29, 1.82) is 0 Å². The minimum Gasteiger partial charge on any atom is -0.300 e. The molecule has 4 rings (SSSR count). The average molecular weight is 354 g/mol. The Morgan fingerprint density at radius 2 is 2.24 bits per heavy atom. The molecule has 0 bridgehead atoms. The van der Waals surface area contributed by atoms with Crippen LogP contribution in [0.5, 0.6) is 0 Å². The summed E-state index contributed by atoms with van der Waals surface area (Å²) in [7, 11) is 0. The highest BCUT2D eigenvalue weighted by atomic mass is 32.1. The number of carbonyl (C=O) groups is 1. The standard InChI is InChI=1S/C18H18N4O2S/c1-11-6-7-13-16(8-11)25-18(20-13)21-17(24)10-22-14-5-3-2-4-12(14)15(23)9-19-22/h2-5,9,11H,6-8,10H2,1H3,(H,20,21,24)/t11-/m1/s1. The highest BCUT2D eigenvalue weighted by Gasteiger charge is 2.20. The van der Waals surface area contributed by atoms with Crippen molar-refractivity contribution < 1.29 is 4.79 Å². The number of nitrogens with one attached hydrogen (secondary N) is 1. The summed E-state index contributed by atoms with van der Waals surface area (Å²) in [6.45, 7) is 2.29. The number of hydrogen-bond acceptors (Lipinski definition) is 5. The van der Waals surface area contributed by atoms with Gasteiger partial charge in [0.2, 0.25) is 11.3 Å². The largest absolute Gasteiger partial charge is 0.300 e. The fraction of sp³-hybridized carbons (Fsp3) is 0.333. The van der Waals surface area contributed by atoms with Gasteiger partial charge >= 0.3 is 0 Å². The maximum atomic E-state index is 12.4. The predicted octanol–water partition coefficient (Wildman–Crippen LogP) is 2.62. The van der Waals surface area contributed by atoms with Gasteiger partial charge in [0.25, 0.3) is 0 Å². The number of aromatic nitrogens is 3. The molecule has 2 aromatic heterocycles. The molecule has 0 saturated carbocycles. The van der Waals surface area contributed by atoms with Crippen LogP contribution in [0.2, 0.25) is 0 Å². The van der Waals surface area contributed by atoms with Crippen molar-refractivity contribution >= 4 is 33.3 Å². The van der Waals surface area contributed by atoms with E-state index < -0.39 is 0 Å². The fourth-order valence-electron chi connectivity index (χ4n) is 3.18. The SMILES string of the molecule is C[C@@H]1CCc2nc(NC(=O)Cn3ncc(=O)c4ccccc43)sc2C1. The number of thiazole rings is 1. The number of anilines is 1. The molecule has 0 aliphatic heterocycles. The summed E-state index contributed by atoms with van der Waals surface area (Å²) in [5.41, 5.74) is 1.62. The van der Waals surface area contributed by atoms with Gasteiger partial charge in [-0.2, -0.15) is 5.10 Å². The zero-order valence-electron chi connectivity index (χ0n) is 13.9. The van der Waals surface area contributed by atoms with Gasteiger partial charge in [-0.25, -0.2) is 4.98 Å². The molecule has 7 heteroatoms. The Balaban J connectivity index is 1.54. The van der Waals surface area contributed by atoms with E-state index in [-0.39, 0.29) is 17.9 Å². The highest BCUT2D eigenvalue weighted by molar-refractivity contribution is 7.15. The molecule has 0 unspecified atom stereocenters. The number of nitrogens with zero attached hydrogens (tertiary/aromatic N) is 3. The average Bonchev–Trinajstić information content (AvgIpc) is 2.99. The Labute approximate surface area is 148 Å². The molecule has 1 aliphatic carbocycles. The third kappa shape index (κ3) is 3.19. The maximum Gasteiger partial charge on any atom is 0.247 e. The van der Waals surface area contributed by atoms with Crippen LogP contribution < -0.4 is 10.7 Å². The van der Waals surface area contributed by atoms with Crippen molar-refractivity contribution in [3.8, 4) is 0 Å². The predicted molar refractivity (Wildman–Crippen MR) is 97.9 cm³/mol. The van der Waals surface area contributed by atoms with Gasteiger partial charge in [0.15, 0.2) is 5.13 Å². The van der Waals surface area contributed by atoms with Crippen LogP contribution in [-0.4, -0.2) is 20.7 Å². The van der Waals surface area contributed by atoms with E-state index in [1.54, 1.807) is 34.2 Å². The van der Waals surface area contributed by atoms with Crippen LogP contribution in [0.1, 0.15) is 23.9 Å². The van der Waals surface area contributed by atoms with E-state index in [1.807, 2.05) is 6.07 Å². The summed E-state index contributed by atoms with van der Waals surface area (Å²) in [5.74, 6) is 0.480. The molecule has 1 aromatic carbocycles. The summed E-state index contributed by atoms with van der Waals surface area (Å²) in [6.07, 6.45) is 4.42. The Kier molecular flexibility index (Phi) is 4.09. The number of rotatable bonds is 3. The zero-order valence-corrected chi connectivity index (χ0v) is 14.7. The van der Waals surface area contributed by atoms with Crippen molar-refractivity contribution in [3.63, 3.8) is 0 Å². The number of hydrogen-bond donors (Lipinski definition) is 1. The lowest BCUT2D eigenvalue weighted by molar-refractivity contribution is -0.116. The van der Waals surface area contributed by atoms with Crippen molar-refractivity contribution in [2.24, 2.45) is 5.92 Å². The summed E-state index contributed by atoms with van der Waals surface area (Å²) >= 11 is 1.56. The van der Waals surface area contributed by atoms with E-state index in [0.29, 0.717) is 22.0 Å². The monoisotopic (exact) mass is 354 g/mol. The lowest BCUT2D eigenvalue weighted by atomic mass is 9.93. The first-order valence-electron chi connectivity index (χ1n) is 8.33. The Hall–Kier alpha value is -2.54. The Morgan fingerprint density at radius 3 is 3.12 bits per heavy atom. The fourth-order valence-corrected chi connectivity index (χ4v) is 4.36. The second-order valence-electron chi connectivity index (χ2n) is 6.47. The van der Waals surface area contributed by atoms with Gasteiger partial charge in [0, 0.05) is 10.3 Å². The molecule has 25 heavy (non-hydrogen) atoms. The summed E-state index contributed by atoms with van der Waals surface area (Å²) < 4.78 is 1.54. The highest BCUT2D eigenvalue weighted by Crippen LogP contribution is 2.32. The third-order valence-electron chi connectivity index (χ3n) is 4.49. The van der Waals surface area contributed by atoms with E-state index >= 15 is 0 Å². The zero-order chi connectivity index (χ0) is 17.4. The van der Waals surface area contributed by atoms with E-state index in [1.165, 1.54) is 11.1 Å². The third-order valence-corrected chi connectivity index (χ3v) is 5.52. The van der Waals surface area contributed by atoms with Crippen LogP contribution in [0.4, 0.5) is 5.13 Å². The Morgan fingerprint density at radius 1 is 1.40 bits per heavy atom. The maximum absolute atomic E-state index is 12.4. The van der Waals surface area contributed by atoms with Crippen molar-refractivity contribution in [1.82, 2.24) is 14.8 Å². The first kappa shape index (κ1) is 16.0. The van der Waals surface area contributed by atoms with Gasteiger partial charge in [-0.15, -0.1) is 11.3 Å². The first-order chi connectivity index (χ1) is 12.1. The van der Waals surface area contributed by atoms with Gasteiger partial charge < -0.3 is 5.32 Å². The number of fused-ring (bicyclic) bond motifs is 2. The molecule has 0 spiro atoms. The van der Waals surface area contributed by atoms with Crippen LogP contribution in [0.3, 0.4) is 0 Å². The van der Waals surface area contributed by atoms with Gasteiger partial charge in [0.1, 0.15) is 6.54 Å². The quantitative estimate of drug-likeness (QED) is 0.784. The van der Waals surface area contributed by atoms with Crippen molar-refractivity contribution in [3.05, 3.63) is 51.3 Å². The molecular formula is C18H18N4O2S. The van der Waals surface area contributed by atoms with Crippen LogP contribution in [0, 0.1) is 5.92 Å². The molecule has 0 saturated heterocycles. The number of amides is 1. The van der Waals surface area contributed by atoms with E-state index in [9.17, 15) is 9.59 Å². The number of carbonyl (C=O) groups excluding carboxylic acids is 1. The lowest BCUT2D eigenvalue weighted by Crippen LogP contribution is -2.22.